The first-order valence-corrected chi connectivity index (χ1v) is 13.2. The quantitative estimate of drug-likeness (QED) is 0.532. The highest BCUT2D eigenvalue weighted by Crippen LogP contribution is 2.24. The van der Waals surface area contributed by atoms with E-state index >= 15 is 0 Å². The Bertz CT molecular complexity index is 1220. The van der Waals surface area contributed by atoms with Crippen LogP contribution in [0.4, 0.5) is 0 Å². The summed E-state index contributed by atoms with van der Waals surface area (Å²) in [5.74, 6) is -0.183. The van der Waals surface area contributed by atoms with Crippen molar-refractivity contribution in [3.8, 4) is 0 Å². The lowest BCUT2D eigenvalue weighted by atomic mass is 10.2. The van der Waals surface area contributed by atoms with Crippen molar-refractivity contribution in [3.63, 3.8) is 0 Å². The second-order valence-corrected chi connectivity index (χ2v) is 10.5. The average molecular weight is 498 g/mol. The molecular formula is C26H28ClN3O3S. The fourth-order valence-corrected chi connectivity index (χ4v) is 5.59. The molecule has 1 aliphatic rings. The molecule has 1 aliphatic heterocycles. The van der Waals surface area contributed by atoms with E-state index in [2.05, 4.69) is 21.8 Å². The summed E-state index contributed by atoms with van der Waals surface area (Å²) >= 11 is 6.22. The van der Waals surface area contributed by atoms with Gasteiger partial charge in [0.25, 0.3) is 5.91 Å². The summed E-state index contributed by atoms with van der Waals surface area (Å²) in [4.78, 5) is 17.3. The summed E-state index contributed by atoms with van der Waals surface area (Å²) in [6.07, 6.45) is 0.857. The number of nitrogens with one attached hydrogen (secondary N) is 1. The van der Waals surface area contributed by atoms with Crippen LogP contribution in [-0.2, 0) is 23.1 Å². The van der Waals surface area contributed by atoms with Gasteiger partial charge in [-0.25, -0.2) is 13.1 Å². The van der Waals surface area contributed by atoms with Crippen molar-refractivity contribution in [1.82, 2.24) is 14.5 Å². The van der Waals surface area contributed by atoms with E-state index in [1.54, 1.807) is 11.0 Å². The zero-order chi connectivity index (χ0) is 24.0. The number of sulfonamides is 1. The highest BCUT2D eigenvalue weighted by molar-refractivity contribution is 7.89. The molecule has 1 amide bonds. The number of hydrogen-bond donors (Lipinski definition) is 1. The second kappa shape index (κ2) is 11.1. The van der Waals surface area contributed by atoms with Gasteiger partial charge in [0.15, 0.2) is 0 Å². The molecule has 4 rings (SSSR count). The van der Waals surface area contributed by atoms with Crippen molar-refractivity contribution in [3.05, 3.63) is 101 Å². The summed E-state index contributed by atoms with van der Waals surface area (Å²) in [5.41, 5.74) is 2.40. The van der Waals surface area contributed by atoms with Gasteiger partial charge in [-0.2, -0.15) is 0 Å². The maximum Gasteiger partial charge on any atom is 0.253 e. The van der Waals surface area contributed by atoms with E-state index in [0.29, 0.717) is 18.7 Å². The molecule has 0 bridgehead atoms. The molecule has 1 saturated heterocycles. The molecule has 1 N–H and O–H groups in total. The monoisotopic (exact) mass is 497 g/mol. The molecule has 0 atom stereocenters. The molecule has 8 heteroatoms. The average Bonchev–Trinajstić information content (AvgIpc) is 3.09. The molecule has 0 spiro atoms. The van der Waals surface area contributed by atoms with Crippen LogP contribution in [0, 0.1) is 0 Å². The van der Waals surface area contributed by atoms with Gasteiger partial charge >= 0.3 is 0 Å². The number of carbonyl (C=O) groups excluding carboxylic acids is 1. The fourth-order valence-electron chi connectivity index (χ4n) is 4.05. The van der Waals surface area contributed by atoms with Gasteiger partial charge in [-0.1, -0.05) is 72.3 Å². The Morgan fingerprint density at radius 3 is 2.24 bits per heavy atom. The van der Waals surface area contributed by atoms with Crippen molar-refractivity contribution < 1.29 is 13.2 Å². The number of benzene rings is 3. The van der Waals surface area contributed by atoms with E-state index in [4.69, 9.17) is 11.6 Å². The van der Waals surface area contributed by atoms with Crippen molar-refractivity contribution in [2.75, 3.05) is 26.2 Å². The molecule has 3 aromatic rings. The van der Waals surface area contributed by atoms with Crippen molar-refractivity contribution in [1.29, 1.82) is 0 Å². The Labute approximate surface area is 206 Å². The Balaban J connectivity index is 1.43. The third kappa shape index (κ3) is 6.24. The maximum atomic E-state index is 13.2. The summed E-state index contributed by atoms with van der Waals surface area (Å²) in [6.45, 7) is 3.87. The van der Waals surface area contributed by atoms with E-state index < -0.39 is 10.0 Å². The standard InChI is InChI=1S/C26H28ClN3O3S/c27-24-13-12-23(18-25(24)34(32,33)28-19-21-8-3-1-4-9-21)26(31)30-15-7-14-29(16-17-30)20-22-10-5-2-6-11-22/h1-6,8-13,18,28H,7,14-17,19-20H2. The van der Waals surface area contributed by atoms with Gasteiger partial charge in [-0.3, -0.25) is 9.69 Å². The first-order valence-electron chi connectivity index (χ1n) is 11.3. The van der Waals surface area contributed by atoms with E-state index in [0.717, 1.165) is 31.6 Å². The normalized spacial score (nSPS) is 15.1. The molecule has 0 aromatic heterocycles. The smallest absolute Gasteiger partial charge is 0.253 e. The fraction of sp³-hybridized carbons (Fsp3) is 0.269. The minimum absolute atomic E-state index is 0.0852. The van der Waals surface area contributed by atoms with Gasteiger partial charge in [0.1, 0.15) is 4.90 Å². The number of nitrogens with zero attached hydrogens (tertiary/aromatic N) is 2. The zero-order valence-electron chi connectivity index (χ0n) is 18.9. The van der Waals surface area contributed by atoms with Crippen LogP contribution >= 0.6 is 11.6 Å². The predicted molar refractivity (Wildman–Crippen MR) is 134 cm³/mol. The highest BCUT2D eigenvalue weighted by atomic mass is 35.5. The zero-order valence-corrected chi connectivity index (χ0v) is 20.4. The molecule has 0 aliphatic carbocycles. The van der Waals surface area contributed by atoms with Gasteiger partial charge in [0.05, 0.1) is 5.02 Å². The minimum Gasteiger partial charge on any atom is -0.337 e. The van der Waals surface area contributed by atoms with Crippen molar-refractivity contribution in [2.24, 2.45) is 0 Å². The molecule has 1 heterocycles. The van der Waals surface area contributed by atoms with E-state index in [-0.39, 0.29) is 22.4 Å². The molecule has 178 valence electrons. The van der Waals surface area contributed by atoms with Crippen molar-refractivity contribution in [2.45, 2.75) is 24.4 Å². The summed E-state index contributed by atoms with van der Waals surface area (Å²) in [7, 11) is -3.89. The van der Waals surface area contributed by atoms with Gasteiger partial charge in [-0.15, -0.1) is 0 Å². The Hall–Kier alpha value is -2.71. The molecule has 3 aromatic carbocycles. The first kappa shape index (κ1) is 24.4. The summed E-state index contributed by atoms with van der Waals surface area (Å²) in [6, 6.07) is 24.0. The number of carbonyl (C=O) groups is 1. The Kier molecular flexibility index (Phi) is 8.00. The molecule has 0 unspecified atom stereocenters. The molecule has 0 saturated carbocycles. The maximum absolute atomic E-state index is 13.2. The summed E-state index contributed by atoms with van der Waals surface area (Å²) < 4.78 is 28.4. The Morgan fingerprint density at radius 1 is 0.853 bits per heavy atom. The SMILES string of the molecule is O=C(c1ccc(Cl)c(S(=O)(=O)NCc2ccccc2)c1)N1CCCN(Cc2ccccc2)CC1. The third-order valence-corrected chi connectivity index (χ3v) is 7.78. The van der Waals surface area contributed by atoms with Crippen LogP contribution in [-0.4, -0.2) is 50.3 Å². The lowest BCUT2D eigenvalue weighted by Gasteiger charge is -2.22. The lowest BCUT2D eigenvalue weighted by molar-refractivity contribution is 0.0761. The van der Waals surface area contributed by atoms with Crippen LogP contribution in [0.15, 0.2) is 83.8 Å². The van der Waals surface area contributed by atoms with Crippen LogP contribution < -0.4 is 4.72 Å². The molecular weight excluding hydrogens is 470 g/mol. The molecule has 1 fully saturated rings. The van der Waals surface area contributed by atoms with Gasteiger partial charge < -0.3 is 4.90 Å². The molecule has 34 heavy (non-hydrogen) atoms. The predicted octanol–water partition coefficient (Wildman–Crippen LogP) is 4.17. The Morgan fingerprint density at radius 2 is 1.53 bits per heavy atom. The minimum atomic E-state index is -3.89. The van der Waals surface area contributed by atoms with Gasteiger partial charge in [-0.05, 0) is 35.7 Å². The third-order valence-electron chi connectivity index (χ3n) is 5.90. The van der Waals surface area contributed by atoms with Gasteiger partial charge in [0, 0.05) is 44.8 Å². The van der Waals surface area contributed by atoms with Crippen LogP contribution in [0.3, 0.4) is 0 Å². The first-order chi connectivity index (χ1) is 16.4. The number of amides is 1. The van der Waals surface area contributed by atoms with Gasteiger partial charge in [0.2, 0.25) is 10.0 Å². The van der Waals surface area contributed by atoms with E-state index in [1.807, 2.05) is 48.5 Å². The molecule has 0 radical (unpaired) electrons. The molecule has 6 nitrogen and oxygen atoms in total. The highest BCUT2D eigenvalue weighted by Gasteiger charge is 2.24. The van der Waals surface area contributed by atoms with Crippen LogP contribution in [0.1, 0.15) is 27.9 Å². The largest absolute Gasteiger partial charge is 0.337 e. The van der Waals surface area contributed by atoms with Crippen LogP contribution in [0.5, 0.6) is 0 Å². The van der Waals surface area contributed by atoms with E-state index in [1.165, 1.54) is 17.7 Å². The van der Waals surface area contributed by atoms with Crippen molar-refractivity contribution >= 4 is 27.5 Å². The van der Waals surface area contributed by atoms with Crippen LogP contribution in [0.25, 0.3) is 0 Å². The second-order valence-electron chi connectivity index (χ2n) is 8.36. The lowest BCUT2D eigenvalue weighted by Crippen LogP contribution is -2.35. The summed E-state index contributed by atoms with van der Waals surface area (Å²) in [5, 5.41) is 0.0852. The number of halogens is 1. The number of hydrogen-bond acceptors (Lipinski definition) is 4. The topological polar surface area (TPSA) is 69.7 Å². The van der Waals surface area contributed by atoms with E-state index in [9.17, 15) is 13.2 Å². The number of rotatable bonds is 7. The van der Waals surface area contributed by atoms with Crippen LogP contribution in [0.2, 0.25) is 5.02 Å².